The Bertz CT molecular complexity index is 662. The Morgan fingerprint density at radius 1 is 0.277 bits per heavy atom. The van der Waals surface area contributed by atoms with Crippen LogP contribution < -0.4 is 0 Å². The Balaban J connectivity index is 3.21. The van der Waals surface area contributed by atoms with Crippen LogP contribution in [0.1, 0.15) is 264 Å². The molecule has 0 aliphatic heterocycles. The van der Waals surface area contributed by atoms with Gasteiger partial charge < -0.3 is 0 Å². The molecular formula is C43H88O3S. The molecule has 0 rings (SSSR count). The molecule has 3 nitrogen and oxygen atoms in total. The van der Waals surface area contributed by atoms with Gasteiger partial charge in [0.05, 0.1) is 12.4 Å². The second-order valence-corrected chi connectivity index (χ2v) is 16.9. The topological polar surface area (TPSA) is 43.4 Å². The summed E-state index contributed by atoms with van der Waals surface area (Å²) >= 11 is 0. The summed E-state index contributed by atoms with van der Waals surface area (Å²) in [7, 11) is -3.32. The van der Waals surface area contributed by atoms with E-state index in [9.17, 15) is 8.42 Å². The van der Waals surface area contributed by atoms with Crippen LogP contribution in [0.3, 0.4) is 0 Å². The number of hydrogen-bond acceptors (Lipinski definition) is 3. The first-order valence-electron chi connectivity index (χ1n) is 22.0. The van der Waals surface area contributed by atoms with Crippen LogP contribution in [0, 0.1) is 0 Å². The zero-order valence-electron chi connectivity index (χ0n) is 32.6. The molecule has 0 heterocycles. The zero-order chi connectivity index (χ0) is 34.2. The van der Waals surface area contributed by atoms with Gasteiger partial charge in [-0.2, -0.15) is 8.42 Å². The van der Waals surface area contributed by atoms with E-state index in [1.807, 2.05) is 0 Å². The minimum Gasteiger partial charge on any atom is -0.270 e. The molecule has 4 heteroatoms. The normalized spacial score (nSPS) is 12.0. The molecule has 0 aromatic rings. The van der Waals surface area contributed by atoms with Crippen LogP contribution in [0.5, 0.6) is 0 Å². The molecule has 0 radical (unpaired) electrons. The molecule has 0 aliphatic rings. The summed E-state index contributed by atoms with van der Waals surface area (Å²) in [6.07, 6.45) is 52.6. The summed E-state index contributed by atoms with van der Waals surface area (Å²) in [5, 5.41) is 0. The molecular weight excluding hydrogens is 597 g/mol. The molecule has 0 aliphatic carbocycles. The van der Waals surface area contributed by atoms with Crippen LogP contribution in [0.25, 0.3) is 0 Å². The Kier molecular flexibility index (Phi) is 40.3. The van der Waals surface area contributed by atoms with Crippen LogP contribution >= 0.6 is 0 Å². The van der Waals surface area contributed by atoms with Crippen molar-refractivity contribution < 1.29 is 12.6 Å². The van der Waals surface area contributed by atoms with Crippen LogP contribution in [-0.2, 0) is 14.3 Å². The molecule has 0 atom stereocenters. The van der Waals surface area contributed by atoms with Gasteiger partial charge in [0.2, 0.25) is 0 Å². The largest absolute Gasteiger partial charge is 0.270 e. The molecule has 0 bridgehead atoms. The highest BCUT2D eigenvalue weighted by Crippen LogP contribution is 2.17. The van der Waals surface area contributed by atoms with E-state index in [4.69, 9.17) is 4.18 Å². The minimum absolute atomic E-state index is 0.198. The van der Waals surface area contributed by atoms with Crippen molar-refractivity contribution in [1.82, 2.24) is 0 Å². The molecule has 0 spiro atoms. The number of rotatable bonds is 42. The van der Waals surface area contributed by atoms with Crippen molar-refractivity contribution in [2.45, 2.75) is 264 Å². The van der Waals surface area contributed by atoms with Crippen molar-refractivity contribution in [3.63, 3.8) is 0 Å². The number of unbranched alkanes of at least 4 members (excludes halogenated alkanes) is 37. The van der Waals surface area contributed by atoms with Crippen LogP contribution in [-0.4, -0.2) is 20.8 Å². The number of hydrogen-bond donors (Lipinski definition) is 0. The maximum Gasteiger partial charge on any atom is 0.267 e. The lowest BCUT2D eigenvalue weighted by atomic mass is 10.0. The van der Waals surface area contributed by atoms with E-state index >= 15 is 0 Å². The maximum atomic E-state index is 12.1. The quantitative estimate of drug-likeness (QED) is 0.0475. The fourth-order valence-corrected chi connectivity index (χ4v) is 8.01. The lowest BCUT2D eigenvalue weighted by Crippen LogP contribution is -2.11. The lowest BCUT2D eigenvalue weighted by molar-refractivity contribution is 0.305. The Morgan fingerprint density at radius 2 is 0.468 bits per heavy atom. The third kappa shape index (κ3) is 42.0. The standard InChI is InChI=1S/C43H88O3S/c1-3-5-7-9-11-13-15-17-18-19-20-21-22-23-24-25-26-27-28-29-30-31-32-34-36-38-40-42-46-47(44,45)43-41-39-37-35-33-16-14-12-10-8-6-4-2/h3-43H2,1-2H3. The Hall–Kier alpha value is -0.0900. The molecule has 0 fully saturated rings. The SMILES string of the molecule is CCCCCCCCCCCCCCCCCCCCCCCCCCCCCOS(=O)(=O)CCCCCCCCCCCCCC. The first kappa shape index (κ1) is 46.9. The molecule has 47 heavy (non-hydrogen) atoms. The Labute approximate surface area is 298 Å². The second kappa shape index (κ2) is 40.3. The van der Waals surface area contributed by atoms with Gasteiger partial charge in [0, 0.05) is 0 Å². The van der Waals surface area contributed by atoms with E-state index in [-0.39, 0.29) is 5.75 Å². The third-order valence-corrected chi connectivity index (χ3v) is 11.6. The van der Waals surface area contributed by atoms with Crippen LogP contribution in [0.2, 0.25) is 0 Å². The van der Waals surface area contributed by atoms with Gasteiger partial charge in [0.15, 0.2) is 0 Å². The zero-order valence-corrected chi connectivity index (χ0v) is 33.4. The fourth-order valence-electron chi connectivity index (χ4n) is 6.96. The minimum atomic E-state index is -3.32. The molecule has 0 aromatic heterocycles. The smallest absolute Gasteiger partial charge is 0.267 e. The van der Waals surface area contributed by atoms with Crippen molar-refractivity contribution >= 4 is 10.1 Å². The summed E-state index contributed by atoms with van der Waals surface area (Å²) in [5.41, 5.74) is 0. The Morgan fingerprint density at radius 3 is 0.702 bits per heavy atom. The summed E-state index contributed by atoms with van der Waals surface area (Å²) in [5.74, 6) is 0.198. The first-order valence-corrected chi connectivity index (χ1v) is 23.6. The molecule has 0 unspecified atom stereocenters. The van der Waals surface area contributed by atoms with E-state index in [2.05, 4.69) is 13.8 Å². The van der Waals surface area contributed by atoms with Gasteiger partial charge in [0.25, 0.3) is 10.1 Å². The van der Waals surface area contributed by atoms with Crippen molar-refractivity contribution in [1.29, 1.82) is 0 Å². The van der Waals surface area contributed by atoms with Gasteiger partial charge in [-0.3, -0.25) is 4.18 Å². The van der Waals surface area contributed by atoms with Gasteiger partial charge in [-0.25, -0.2) is 0 Å². The molecule has 0 N–H and O–H groups in total. The van der Waals surface area contributed by atoms with E-state index in [0.717, 1.165) is 32.1 Å². The van der Waals surface area contributed by atoms with Gasteiger partial charge >= 0.3 is 0 Å². The monoisotopic (exact) mass is 685 g/mol. The fraction of sp³-hybridized carbons (Fsp3) is 1.00. The van der Waals surface area contributed by atoms with Crippen molar-refractivity contribution in [3.05, 3.63) is 0 Å². The summed E-state index contributed by atoms with van der Waals surface area (Å²) < 4.78 is 29.5. The van der Waals surface area contributed by atoms with Crippen LogP contribution in [0.4, 0.5) is 0 Å². The highest BCUT2D eigenvalue weighted by atomic mass is 32.2. The van der Waals surface area contributed by atoms with Crippen molar-refractivity contribution in [3.8, 4) is 0 Å². The van der Waals surface area contributed by atoms with Gasteiger partial charge in [-0.05, 0) is 12.8 Å². The van der Waals surface area contributed by atoms with E-state index in [1.165, 1.54) is 218 Å². The highest BCUT2D eigenvalue weighted by molar-refractivity contribution is 7.86. The van der Waals surface area contributed by atoms with Crippen LogP contribution in [0.15, 0.2) is 0 Å². The summed E-state index contributed by atoms with van der Waals surface area (Å²) in [4.78, 5) is 0. The van der Waals surface area contributed by atoms with E-state index < -0.39 is 10.1 Å². The maximum absolute atomic E-state index is 12.1. The average molecular weight is 685 g/mol. The van der Waals surface area contributed by atoms with Crippen molar-refractivity contribution in [2.75, 3.05) is 12.4 Å². The predicted octanol–water partition coefficient (Wildman–Crippen LogP) is 15.6. The van der Waals surface area contributed by atoms with E-state index in [0.29, 0.717) is 6.61 Å². The summed E-state index contributed by atoms with van der Waals surface area (Å²) in [6, 6.07) is 0. The second-order valence-electron chi connectivity index (χ2n) is 15.2. The molecule has 0 amide bonds. The van der Waals surface area contributed by atoms with Gasteiger partial charge in [0.1, 0.15) is 0 Å². The van der Waals surface area contributed by atoms with Crippen molar-refractivity contribution in [2.24, 2.45) is 0 Å². The molecule has 0 saturated heterocycles. The highest BCUT2D eigenvalue weighted by Gasteiger charge is 2.10. The lowest BCUT2D eigenvalue weighted by Gasteiger charge is -2.06. The first-order chi connectivity index (χ1) is 23.1. The molecule has 0 aromatic carbocycles. The molecule has 0 saturated carbocycles. The van der Waals surface area contributed by atoms with Gasteiger partial charge in [-0.15, -0.1) is 0 Å². The average Bonchev–Trinajstić information content (AvgIpc) is 3.06. The predicted molar refractivity (Wildman–Crippen MR) is 211 cm³/mol. The molecule has 284 valence electrons. The van der Waals surface area contributed by atoms with E-state index in [1.54, 1.807) is 0 Å². The third-order valence-electron chi connectivity index (χ3n) is 10.3. The van der Waals surface area contributed by atoms with Gasteiger partial charge in [-0.1, -0.05) is 251 Å². The summed E-state index contributed by atoms with van der Waals surface area (Å²) in [6.45, 7) is 4.94.